The smallest absolute Gasteiger partial charge is 0.0101 e. The summed E-state index contributed by atoms with van der Waals surface area (Å²) in [4.78, 5) is 0. The van der Waals surface area contributed by atoms with Gasteiger partial charge in [-0.2, -0.15) is 0 Å². The van der Waals surface area contributed by atoms with Gasteiger partial charge in [0, 0.05) is 6.04 Å². The molecule has 64 valence electrons. The first-order chi connectivity index (χ1) is 5.22. The molecule has 2 fully saturated rings. The minimum Gasteiger partial charge on any atom is -0.327 e. The molecule has 2 aliphatic carbocycles. The Morgan fingerprint density at radius 3 is 1.82 bits per heavy atom. The minimum atomic E-state index is 0.536. The normalized spacial score (nSPS) is 56.5. The van der Waals surface area contributed by atoms with Crippen LogP contribution in [0.5, 0.6) is 0 Å². The first kappa shape index (κ1) is 7.60. The first-order valence-electron chi connectivity index (χ1n) is 4.97. The fourth-order valence-corrected chi connectivity index (χ4v) is 3.30. The molecule has 1 nitrogen and oxygen atoms in total. The van der Waals surface area contributed by atoms with E-state index in [0.717, 1.165) is 23.7 Å². The Labute approximate surface area is 69.4 Å². The van der Waals surface area contributed by atoms with Gasteiger partial charge >= 0.3 is 0 Å². The predicted octanol–water partition coefficient (Wildman–Crippen LogP) is 2.02. The quantitative estimate of drug-likeness (QED) is 0.566. The van der Waals surface area contributed by atoms with Gasteiger partial charge in [0.25, 0.3) is 0 Å². The van der Waals surface area contributed by atoms with Crippen LogP contribution in [-0.4, -0.2) is 6.04 Å². The molecule has 0 saturated heterocycles. The first-order valence-corrected chi connectivity index (χ1v) is 4.97. The third-order valence-corrected chi connectivity index (χ3v) is 4.24. The highest BCUT2D eigenvalue weighted by Crippen LogP contribution is 2.48. The lowest BCUT2D eigenvalue weighted by molar-refractivity contribution is 0.281. The van der Waals surface area contributed by atoms with Gasteiger partial charge in [0.1, 0.15) is 0 Å². The van der Waals surface area contributed by atoms with Crippen LogP contribution in [0.2, 0.25) is 0 Å². The summed E-state index contributed by atoms with van der Waals surface area (Å²) in [5.41, 5.74) is 6.17. The summed E-state index contributed by atoms with van der Waals surface area (Å²) in [7, 11) is 0. The molecule has 0 aromatic heterocycles. The van der Waals surface area contributed by atoms with Crippen LogP contribution in [0.25, 0.3) is 0 Å². The molecule has 0 amide bonds. The van der Waals surface area contributed by atoms with E-state index >= 15 is 0 Å². The molecule has 2 N–H and O–H groups in total. The topological polar surface area (TPSA) is 26.0 Å². The minimum absolute atomic E-state index is 0.536. The van der Waals surface area contributed by atoms with E-state index in [1.54, 1.807) is 0 Å². The predicted molar refractivity (Wildman–Crippen MR) is 47.1 cm³/mol. The Morgan fingerprint density at radius 1 is 1.00 bits per heavy atom. The van der Waals surface area contributed by atoms with Crippen LogP contribution in [0, 0.1) is 23.7 Å². The Hall–Kier alpha value is -0.0400. The number of rotatable bonds is 0. The van der Waals surface area contributed by atoms with Crippen molar-refractivity contribution in [2.75, 3.05) is 0 Å². The Morgan fingerprint density at radius 2 is 1.45 bits per heavy atom. The number of fused-ring (bicyclic) bond motifs is 2. The van der Waals surface area contributed by atoms with E-state index in [4.69, 9.17) is 5.73 Å². The largest absolute Gasteiger partial charge is 0.327 e. The zero-order valence-electron chi connectivity index (χ0n) is 7.59. The third-order valence-electron chi connectivity index (χ3n) is 4.24. The van der Waals surface area contributed by atoms with Crippen molar-refractivity contribution in [1.29, 1.82) is 0 Å². The van der Waals surface area contributed by atoms with Gasteiger partial charge in [0.05, 0.1) is 0 Å². The van der Waals surface area contributed by atoms with Crippen LogP contribution in [0.15, 0.2) is 0 Å². The van der Waals surface area contributed by atoms with Crippen molar-refractivity contribution in [2.45, 2.75) is 39.2 Å². The van der Waals surface area contributed by atoms with Crippen molar-refractivity contribution in [3.63, 3.8) is 0 Å². The highest BCUT2D eigenvalue weighted by Gasteiger charge is 2.45. The monoisotopic (exact) mass is 153 g/mol. The van der Waals surface area contributed by atoms with E-state index in [2.05, 4.69) is 13.8 Å². The van der Waals surface area contributed by atoms with Crippen molar-refractivity contribution < 1.29 is 0 Å². The van der Waals surface area contributed by atoms with Crippen molar-refractivity contribution in [3.05, 3.63) is 0 Å². The lowest BCUT2D eigenvalue weighted by atomic mass is 9.83. The van der Waals surface area contributed by atoms with Gasteiger partial charge in [-0.25, -0.2) is 0 Å². The van der Waals surface area contributed by atoms with Crippen molar-refractivity contribution in [2.24, 2.45) is 29.4 Å². The van der Waals surface area contributed by atoms with Crippen LogP contribution in [-0.2, 0) is 0 Å². The molecule has 5 atom stereocenters. The lowest BCUT2D eigenvalue weighted by Crippen LogP contribution is -2.35. The van der Waals surface area contributed by atoms with E-state index in [-0.39, 0.29) is 0 Å². The van der Waals surface area contributed by atoms with Crippen LogP contribution in [0.4, 0.5) is 0 Å². The Balaban J connectivity index is 2.21. The standard InChI is InChI=1S/C10H19N/c1-6-7(2)9-5-3-4-8(6)10(9)11/h6-10H,3-5,11H2,1-2H3/t6-,7+,8-,9+,10?. The molecule has 0 radical (unpaired) electrons. The molecule has 0 aromatic carbocycles. The molecule has 0 heterocycles. The zero-order chi connectivity index (χ0) is 8.01. The molecular weight excluding hydrogens is 134 g/mol. The third kappa shape index (κ3) is 0.936. The maximum Gasteiger partial charge on any atom is 0.0101 e. The molecule has 2 rings (SSSR count). The van der Waals surface area contributed by atoms with Crippen LogP contribution < -0.4 is 5.73 Å². The molecule has 2 aliphatic rings. The number of hydrogen-bond donors (Lipinski definition) is 1. The average molecular weight is 153 g/mol. The van der Waals surface area contributed by atoms with E-state index in [9.17, 15) is 0 Å². The van der Waals surface area contributed by atoms with E-state index in [1.807, 2.05) is 0 Å². The fourth-order valence-electron chi connectivity index (χ4n) is 3.30. The summed E-state index contributed by atoms with van der Waals surface area (Å²) in [6.45, 7) is 4.78. The summed E-state index contributed by atoms with van der Waals surface area (Å²) in [6.07, 6.45) is 4.21. The molecule has 1 heteroatoms. The van der Waals surface area contributed by atoms with Crippen molar-refractivity contribution in [3.8, 4) is 0 Å². The van der Waals surface area contributed by atoms with E-state index in [0.29, 0.717) is 6.04 Å². The molecule has 2 bridgehead atoms. The van der Waals surface area contributed by atoms with Gasteiger partial charge in [0.15, 0.2) is 0 Å². The summed E-state index contributed by atoms with van der Waals surface area (Å²) in [5.74, 6) is 3.47. The van der Waals surface area contributed by atoms with Gasteiger partial charge in [-0.05, 0) is 36.5 Å². The van der Waals surface area contributed by atoms with Gasteiger partial charge < -0.3 is 5.73 Å². The fraction of sp³-hybridized carbons (Fsp3) is 1.00. The average Bonchev–Trinajstić information content (AvgIpc) is 2.19. The van der Waals surface area contributed by atoms with Crippen LogP contribution in [0.1, 0.15) is 33.1 Å². The zero-order valence-corrected chi connectivity index (χ0v) is 7.59. The summed E-state index contributed by atoms with van der Waals surface area (Å²) < 4.78 is 0. The van der Waals surface area contributed by atoms with Gasteiger partial charge in [-0.1, -0.05) is 20.3 Å². The molecule has 1 unspecified atom stereocenters. The maximum absolute atomic E-state index is 6.17. The maximum atomic E-state index is 6.17. The highest BCUT2D eigenvalue weighted by atomic mass is 14.7. The lowest BCUT2D eigenvalue weighted by Gasteiger charge is -2.27. The molecule has 11 heavy (non-hydrogen) atoms. The molecule has 2 saturated carbocycles. The van der Waals surface area contributed by atoms with Gasteiger partial charge in [0.2, 0.25) is 0 Å². The summed E-state index contributed by atoms with van der Waals surface area (Å²) >= 11 is 0. The SMILES string of the molecule is C[C@@H]1[C@H](C)[C@@H]2CCC[C@H]1C2N. The second kappa shape index (κ2) is 2.48. The van der Waals surface area contributed by atoms with Crippen LogP contribution >= 0.6 is 0 Å². The molecule has 0 aliphatic heterocycles. The molecule has 0 spiro atoms. The Bertz CT molecular complexity index is 131. The second-order valence-electron chi connectivity index (χ2n) is 4.55. The van der Waals surface area contributed by atoms with Crippen molar-refractivity contribution >= 4 is 0 Å². The van der Waals surface area contributed by atoms with Gasteiger partial charge in [-0.15, -0.1) is 0 Å². The summed E-state index contributed by atoms with van der Waals surface area (Å²) in [6, 6.07) is 0.536. The second-order valence-corrected chi connectivity index (χ2v) is 4.55. The number of nitrogens with two attached hydrogens (primary N) is 1. The highest BCUT2D eigenvalue weighted by molar-refractivity contribution is 4.98. The summed E-state index contributed by atoms with van der Waals surface area (Å²) in [5, 5.41) is 0. The Kier molecular flexibility index (Phi) is 1.71. The van der Waals surface area contributed by atoms with E-state index in [1.165, 1.54) is 19.3 Å². The van der Waals surface area contributed by atoms with E-state index < -0.39 is 0 Å². The van der Waals surface area contributed by atoms with Gasteiger partial charge in [-0.3, -0.25) is 0 Å². The molecular formula is C10H19N. The van der Waals surface area contributed by atoms with Crippen molar-refractivity contribution in [1.82, 2.24) is 0 Å². The van der Waals surface area contributed by atoms with Crippen LogP contribution in [0.3, 0.4) is 0 Å². The molecule has 0 aromatic rings. The number of hydrogen-bond acceptors (Lipinski definition) is 1.